The van der Waals surface area contributed by atoms with E-state index in [2.05, 4.69) is 0 Å². The summed E-state index contributed by atoms with van der Waals surface area (Å²) in [6.45, 7) is 1.28. The lowest BCUT2D eigenvalue weighted by molar-refractivity contribution is -0.119. The van der Waals surface area contributed by atoms with Crippen LogP contribution in [0.25, 0.3) is 0 Å². The Labute approximate surface area is 72.4 Å². The summed E-state index contributed by atoms with van der Waals surface area (Å²) in [6, 6.07) is 0.192. The number of carbonyl (C=O) groups excluding carboxylic acids is 1. The fourth-order valence-electron chi connectivity index (χ4n) is 1.55. The topological polar surface area (TPSA) is 38.8 Å². The maximum atomic E-state index is 10.6. The standard InChI is InChI=1S/C8H15NO3/c1-11-5-7-3-8(12-2)4-9(7)6-10/h6-8H,3-5H2,1-2H3/t7-,8+/m0/s1. The van der Waals surface area contributed by atoms with Crippen LogP contribution >= 0.6 is 0 Å². The number of likely N-dealkylation sites (tertiary alicyclic amines) is 1. The molecule has 0 saturated carbocycles. The van der Waals surface area contributed by atoms with E-state index in [0.29, 0.717) is 13.2 Å². The van der Waals surface area contributed by atoms with E-state index in [1.165, 1.54) is 0 Å². The second kappa shape index (κ2) is 4.42. The number of hydrogen-bond donors (Lipinski definition) is 0. The predicted molar refractivity (Wildman–Crippen MR) is 43.8 cm³/mol. The van der Waals surface area contributed by atoms with Crippen molar-refractivity contribution in [3.05, 3.63) is 0 Å². The van der Waals surface area contributed by atoms with Crippen molar-refractivity contribution in [3.8, 4) is 0 Å². The normalized spacial score (nSPS) is 29.3. The minimum absolute atomic E-state index is 0.176. The van der Waals surface area contributed by atoms with Crippen LogP contribution in [0.1, 0.15) is 6.42 Å². The molecule has 0 aliphatic carbocycles. The van der Waals surface area contributed by atoms with Crippen LogP contribution < -0.4 is 0 Å². The summed E-state index contributed by atoms with van der Waals surface area (Å²) >= 11 is 0. The summed E-state index contributed by atoms with van der Waals surface area (Å²) in [4.78, 5) is 12.3. The van der Waals surface area contributed by atoms with Crippen molar-refractivity contribution in [3.63, 3.8) is 0 Å². The summed E-state index contributed by atoms with van der Waals surface area (Å²) < 4.78 is 10.2. The maximum absolute atomic E-state index is 10.6. The second-order valence-electron chi connectivity index (χ2n) is 3.00. The average molecular weight is 173 g/mol. The van der Waals surface area contributed by atoms with Crippen molar-refractivity contribution in [1.29, 1.82) is 0 Å². The monoisotopic (exact) mass is 173 g/mol. The van der Waals surface area contributed by atoms with Crippen LogP contribution in [-0.2, 0) is 14.3 Å². The third-order valence-corrected chi connectivity index (χ3v) is 2.25. The van der Waals surface area contributed by atoms with Crippen LogP contribution in [0, 0.1) is 0 Å². The second-order valence-corrected chi connectivity index (χ2v) is 3.00. The van der Waals surface area contributed by atoms with Crippen LogP contribution in [0.15, 0.2) is 0 Å². The van der Waals surface area contributed by atoms with E-state index < -0.39 is 0 Å². The molecule has 1 rings (SSSR count). The summed E-state index contributed by atoms with van der Waals surface area (Å²) in [5.74, 6) is 0. The lowest BCUT2D eigenvalue weighted by atomic mass is 10.2. The fraction of sp³-hybridized carbons (Fsp3) is 0.875. The Balaban J connectivity index is 2.44. The number of nitrogens with zero attached hydrogens (tertiary/aromatic N) is 1. The zero-order valence-electron chi connectivity index (χ0n) is 7.53. The van der Waals surface area contributed by atoms with E-state index in [1.54, 1.807) is 19.1 Å². The van der Waals surface area contributed by atoms with E-state index >= 15 is 0 Å². The third kappa shape index (κ3) is 1.95. The lowest BCUT2D eigenvalue weighted by Gasteiger charge is -2.17. The van der Waals surface area contributed by atoms with Gasteiger partial charge in [0.1, 0.15) is 0 Å². The SMILES string of the molecule is COC[C@@H]1C[C@@H](OC)CN1C=O. The molecule has 1 heterocycles. The first-order chi connectivity index (χ1) is 5.81. The van der Waals surface area contributed by atoms with Crippen molar-refractivity contribution in [1.82, 2.24) is 4.90 Å². The van der Waals surface area contributed by atoms with Gasteiger partial charge in [0.15, 0.2) is 0 Å². The zero-order chi connectivity index (χ0) is 8.97. The van der Waals surface area contributed by atoms with Crippen molar-refractivity contribution in [2.45, 2.75) is 18.6 Å². The molecule has 0 aromatic heterocycles. The van der Waals surface area contributed by atoms with E-state index in [0.717, 1.165) is 12.8 Å². The van der Waals surface area contributed by atoms with Gasteiger partial charge in [-0.05, 0) is 6.42 Å². The molecule has 0 radical (unpaired) electrons. The Morgan fingerprint density at radius 1 is 1.58 bits per heavy atom. The van der Waals surface area contributed by atoms with Crippen LogP contribution in [0.4, 0.5) is 0 Å². The molecule has 0 N–H and O–H groups in total. The number of methoxy groups -OCH3 is 2. The number of amides is 1. The highest BCUT2D eigenvalue weighted by molar-refractivity contribution is 5.48. The number of rotatable bonds is 4. The minimum atomic E-state index is 0.176. The van der Waals surface area contributed by atoms with Gasteiger partial charge < -0.3 is 14.4 Å². The first-order valence-electron chi connectivity index (χ1n) is 4.04. The molecule has 1 fully saturated rings. The van der Waals surface area contributed by atoms with E-state index in [1.807, 2.05) is 0 Å². The third-order valence-electron chi connectivity index (χ3n) is 2.25. The molecule has 1 aliphatic rings. The minimum Gasteiger partial charge on any atom is -0.383 e. The molecular weight excluding hydrogens is 158 g/mol. The van der Waals surface area contributed by atoms with Crippen LogP contribution in [0.2, 0.25) is 0 Å². The van der Waals surface area contributed by atoms with Gasteiger partial charge >= 0.3 is 0 Å². The Hall–Kier alpha value is -0.610. The van der Waals surface area contributed by atoms with E-state index in [-0.39, 0.29) is 12.1 Å². The molecular formula is C8H15NO3. The van der Waals surface area contributed by atoms with Gasteiger partial charge in [-0.1, -0.05) is 0 Å². The molecule has 4 nitrogen and oxygen atoms in total. The van der Waals surface area contributed by atoms with Gasteiger partial charge in [-0.25, -0.2) is 0 Å². The molecule has 70 valence electrons. The maximum Gasteiger partial charge on any atom is 0.210 e. The molecule has 1 amide bonds. The smallest absolute Gasteiger partial charge is 0.210 e. The average Bonchev–Trinajstić information content (AvgIpc) is 2.48. The van der Waals surface area contributed by atoms with Crippen molar-refractivity contribution in [2.24, 2.45) is 0 Å². The van der Waals surface area contributed by atoms with Crippen molar-refractivity contribution < 1.29 is 14.3 Å². The fourth-order valence-corrected chi connectivity index (χ4v) is 1.55. The Morgan fingerprint density at radius 2 is 2.33 bits per heavy atom. The van der Waals surface area contributed by atoms with Gasteiger partial charge in [-0.2, -0.15) is 0 Å². The molecule has 0 spiro atoms. The predicted octanol–water partition coefficient (Wildman–Crippen LogP) is -0.121. The van der Waals surface area contributed by atoms with Crippen molar-refractivity contribution in [2.75, 3.05) is 27.4 Å². The van der Waals surface area contributed by atoms with Crippen LogP contribution in [-0.4, -0.2) is 50.8 Å². The van der Waals surface area contributed by atoms with Gasteiger partial charge in [0.2, 0.25) is 6.41 Å². The highest BCUT2D eigenvalue weighted by Gasteiger charge is 2.30. The molecule has 0 aromatic carbocycles. The van der Waals surface area contributed by atoms with Gasteiger partial charge in [-0.15, -0.1) is 0 Å². The number of ether oxygens (including phenoxy) is 2. The zero-order valence-corrected chi connectivity index (χ0v) is 7.53. The highest BCUT2D eigenvalue weighted by Crippen LogP contribution is 2.17. The van der Waals surface area contributed by atoms with E-state index in [9.17, 15) is 4.79 Å². The molecule has 1 saturated heterocycles. The Kier molecular flexibility index (Phi) is 3.49. The molecule has 1 aliphatic heterocycles. The molecule has 0 aromatic rings. The van der Waals surface area contributed by atoms with Crippen molar-refractivity contribution >= 4 is 6.41 Å². The van der Waals surface area contributed by atoms with Crippen LogP contribution in [0.3, 0.4) is 0 Å². The Morgan fingerprint density at radius 3 is 2.83 bits per heavy atom. The Bertz CT molecular complexity index is 151. The molecule has 12 heavy (non-hydrogen) atoms. The quantitative estimate of drug-likeness (QED) is 0.556. The lowest BCUT2D eigenvalue weighted by Crippen LogP contribution is -2.31. The molecule has 0 bridgehead atoms. The summed E-state index contributed by atoms with van der Waals surface area (Å²) in [7, 11) is 3.31. The van der Waals surface area contributed by atoms with Gasteiger partial charge in [0, 0.05) is 20.8 Å². The van der Waals surface area contributed by atoms with Gasteiger partial charge in [-0.3, -0.25) is 4.79 Å². The number of carbonyl (C=O) groups is 1. The van der Waals surface area contributed by atoms with Gasteiger partial charge in [0.05, 0.1) is 18.8 Å². The highest BCUT2D eigenvalue weighted by atomic mass is 16.5. The van der Waals surface area contributed by atoms with Gasteiger partial charge in [0.25, 0.3) is 0 Å². The first-order valence-corrected chi connectivity index (χ1v) is 4.04. The first kappa shape index (κ1) is 9.48. The molecule has 0 unspecified atom stereocenters. The molecule has 2 atom stereocenters. The van der Waals surface area contributed by atoms with E-state index in [4.69, 9.17) is 9.47 Å². The summed E-state index contributed by atoms with van der Waals surface area (Å²) in [5.41, 5.74) is 0. The summed E-state index contributed by atoms with van der Waals surface area (Å²) in [5, 5.41) is 0. The largest absolute Gasteiger partial charge is 0.383 e. The number of hydrogen-bond acceptors (Lipinski definition) is 3. The molecule has 4 heteroatoms. The summed E-state index contributed by atoms with van der Waals surface area (Å²) in [6.07, 6.45) is 1.92. The van der Waals surface area contributed by atoms with Crippen LogP contribution in [0.5, 0.6) is 0 Å².